The second kappa shape index (κ2) is 14.7. The standard InChI is InChI=1S/C46H34N2S2/c1-5-13-39(14-6-1)47(40-15-7-2-8-16-40)45-33-31-43(49-45)37-27-23-35(24-28-37)21-22-36-25-29-38(30-26-36)44-32-34-46(50-44)48(41-17-9-3-10-18-41)42-19-11-4-12-20-42/h1-34H/b22-21+. The van der Waals surface area contributed by atoms with E-state index in [1.54, 1.807) is 22.7 Å². The number of hydrogen-bond acceptors (Lipinski definition) is 4. The highest BCUT2D eigenvalue weighted by Gasteiger charge is 2.16. The monoisotopic (exact) mass is 678 g/mol. The van der Waals surface area contributed by atoms with Gasteiger partial charge in [-0.15, -0.1) is 22.7 Å². The molecule has 0 atom stereocenters. The molecule has 50 heavy (non-hydrogen) atoms. The minimum Gasteiger partial charge on any atom is -0.302 e. The molecular weight excluding hydrogens is 645 g/mol. The minimum atomic E-state index is 1.15. The van der Waals surface area contributed by atoms with Gasteiger partial charge < -0.3 is 9.80 Å². The van der Waals surface area contributed by atoms with E-state index < -0.39 is 0 Å². The summed E-state index contributed by atoms with van der Waals surface area (Å²) >= 11 is 3.61. The van der Waals surface area contributed by atoms with Crippen LogP contribution in [0.2, 0.25) is 0 Å². The lowest BCUT2D eigenvalue weighted by atomic mass is 10.1. The highest BCUT2D eigenvalue weighted by atomic mass is 32.1. The lowest BCUT2D eigenvalue weighted by Crippen LogP contribution is -2.07. The maximum absolute atomic E-state index is 2.32. The predicted molar refractivity (Wildman–Crippen MR) is 218 cm³/mol. The van der Waals surface area contributed by atoms with Crippen molar-refractivity contribution in [2.75, 3.05) is 9.80 Å². The van der Waals surface area contributed by atoms with Gasteiger partial charge in [0.1, 0.15) is 10.0 Å². The van der Waals surface area contributed by atoms with E-state index in [1.807, 2.05) is 0 Å². The number of nitrogens with zero attached hydrogens (tertiary/aromatic N) is 2. The van der Waals surface area contributed by atoms with Crippen LogP contribution in [-0.2, 0) is 0 Å². The molecule has 0 aliphatic heterocycles. The third-order valence-corrected chi connectivity index (χ3v) is 10.8. The van der Waals surface area contributed by atoms with E-state index in [2.05, 4.69) is 216 Å². The van der Waals surface area contributed by atoms with Crippen molar-refractivity contribution >= 4 is 67.6 Å². The van der Waals surface area contributed by atoms with Gasteiger partial charge in [-0.1, -0.05) is 133 Å². The van der Waals surface area contributed by atoms with Crippen LogP contribution in [0, 0.1) is 0 Å². The van der Waals surface area contributed by atoms with E-state index in [4.69, 9.17) is 0 Å². The van der Waals surface area contributed by atoms with Crippen molar-refractivity contribution < 1.29 is 0 Å². The molecule has 0 bridgehead atoms. The van der Waals surface area contributed by atoms with Crippen molar-refractivity contribution in [2.45, 2.75) is 0 Å². The first-order valence-electron chi connectivity index (χ1n) is 16.7. The van der Waals surface area contributed by atoms with Crippen LogP contribution in [0.25, 0.3) is 33.0 Å². The summed E-state index contributed by atoms with van der Waals surface area (Å²) in [6.07, 6.45) is 4.37. The van der Waals surface area contributed by atoms with Gasteiger partial charge in [0, 0.05) is 32.5 Å². The summed E-state index contributed by atoms with van der Waals surface area (Å²) in [5.74, 6) is 0. The molecule has 0 spiro atoms. The first kappa shape index (κ1) is 31.3. The van der Waals surface area contributed by atoms with Gasteiger partial charge in [-0.3, -0.25) is 0 Å². The molecule has 4 heteroatoms. The van der Waals surface area contributed by atoms with Crippen molar-refractivity contribution in [2.24, 2.45) is 0 Å². The van der Waals surface area contributed by atoms with Crippen LogP contribution in [-0.4, -0.2) is 0 Å². The quantitative estimate of drug-likeness (QED) is 0.133. The summed E-state index contributed by atoms with van der Waals surface area (Å²) in [7, 11) is 0. The molecule has 6 aromatic carbocycles. The van der Waals surface area contributed by atoms with Gasteiger partial charge in [-0.2, -0.15) is 0 Å². The Labute approximate surface area is 302 Å². The predicted octanol–water partition coefficient (Wildman–Crippen LogP) is 14.3. The molecule has 2 aromatic heterocycles. The molecule has 0 saturated heterocycles. The van der Waals surface area contributed by atoms with E-state index in [9.17, 15) is 0 Å². The molecule has 2 heterocycles. The van der Waals surface area contributed by atoms with Crippen molar-refractivity contribution in [1.82, 2.24) is 0 Å². The second-order valence-electron chi connectivity index (χ2n) is 11.9. The Morgan fingerprint density at radius 3 is 0.900 bits per heavy atom. The van der Waals surface area contributed by atoms with Gasteiger partial charge in [0.15, 0.2) is 0 Å². The van der Waals surface area contributed by atoms with Crippen molar-refractivity contribution in [3.8, 4) is 20.9 Å². The highest BCUT2D eigenvalue weighted by molar-refractivity contribution is 7.19. The molecule has 0 saturated carbocycles. The van der Waals surface area contributed by atoms with E-state index >= 15 is 0 Å². The van der Waals surface area contributed by atoms with Crippen LogP contribution in [0.3, 0.4) is 0 Å². The third kappa shape index (κ3) is 6.94. The summed E-state index contributed by atoms with van der Waals surface area (Å²) in [5.41, 5.74) is 9.40. The zero-order chi connectivity index (χ0) is 33.5. The fourth-order valence-corrected chi connectivity index (χ4v) is 8.14. The molecule has 8 aromatic rings. The minimum absolute atomic E-state index is 1.15. The molecule has 0 unspecified atom stereocenters. The highest BCUT2D eigenvalue weighted by Crippen LogP contribution is 2.43. The number of thiophene rings is 2. The number of hydrogen-bond donors (Lipinski definition) is 0. The summed E-state index contributed by atoms with van der Waals surface area (Å²) in [5, 5.41) is 2.38. The van der Waals surface area contributed by atoms with E-state index in [0.717, 1.165) is 22.7 Å². The Kier molecular flexibility index (Phi) is 9.19. The zero-order valence-corrected chi connectivity index (χ0v) is 29.0. The summed E-state index contributed by atoms with van der Waals surface area (Å²) in [6, 6.07) is 68.8. The normalized spacial score (nSPS) is 11.1. The van der Waals surface area contributed by atoms with Gasteiger partial charge >= 0.3 is 0 Å². The fraction of sp³-hybridized carbons (Fsp3) is 0. The number of rotatable bonds is 10. The Bertz CT molecular complexity index is 2040. The first-order chi connectivity index (χ1) is 24.8. The van der Waals surface area contributed by atoms with Gasteiger partial charge in [0.05, 0.1) is 0 Å². The number of para-hydroxylation sites is 4. The van der Waals surface area contributed by atoms with E-state index in [0.29, 0.717) is 0 Å². The molecule has 0 aliphatic rings. The van der Waals surface area contributed by atoms with Crippen molar-refractivity contribution in [3.63, 3.8) is 0 Å². The fourth-order valence-electron chi connectivity index (χ4n) is 6.03. The third-order valence-electron chi connectivity index (χ3n) is 8.54. The van der Waals surface area contributed by atoms with Crippen LogP contribution < -0.4 is 9.80 Å². The molecule has 0 amide bonds. The van der Waals surface area contributed by atoms with Crippen LogP contribution >= 0.6 is 22.7 Å². The molecule has 2 nitrogen and oxygen atoms in total. The molecule has 240 valence electrons. The largest absolute Gasteiger partial charge is 0.302 e. The topological polar surface area (TPSA) is 6.48 Å². The van der Waals surface area contributed by atoms with Gasteiger partial charge in [0.25, 0.3) is 0 Å². The second-order valence-corrected chi connectivity index (χ2v) is 14.0. The SMILES string of the molecule is C(=C\c1ccc(-c2ccc(N(c3ccccc3)c3ccccc3)s2)cc1)/c1ccc(-c2ccc(N(c3ccccc3)c3ccccc3)s2)cc1. The van der Waals surface area contributed by atoms with Crippen molar-refractivity contribution in [1.29, 1.82) is 0 Å². The first-order valence-corrected chi connectivity index (χ1v) is 18.3. The van der Waals surface area contributed by atoms with Crippen LogP contribution in [0.5, 0.6) is 0 Å². The number of benzene rings is 6. The van der Waals surface area contributed by atoms with Crippen LogP contribution in [0.4, 0.5) is 32.8 Å². The van der Waals surface area contributed by atoms with Gasteiger partial charge in [-0.25, -0.2) is 0 Å². The molecule has 8 rings (SSSR count). The van der Waals surface area contributed by atoms with E-state index in [1.165, 1.54) is 42.0 Å². The lowest BCUT2D eigenvalue weighted by molar-refractivity contribution is 1.32. The Hall–Kier alpha value is -5.94. The summed E-state index contributed by atoms with van der Waals surface area (Å²) in [4.78, 5) is 7.13. The molecule has 0 aliphatic carbocycles. The van der Waals surface area contributed by atoms with Crippen LogP contribution in [0.15, 0.2) is 194 Å². The van der Waals surface area contributed by atoms with Gasteiger partial charge in [0.2, 0.25) is 0 Å². The molecule has 0 radical (unpaired) electrons. The average molecular weight is 679 g/mol. The molecular formula is C46H34N2S2. The average Bonchev–Trinajstić information content (AvgIpc) is 3.88. The lowest BCUT2D eigenvalue weighted by Gasteiger charge is -2.23. The smallest absolute Gasteiger partial charge is 0.101 e. The maximum atomic E-state index is 2.32. The molecule has 0 N–H and O–H groups in total. The molecule has 0 fully saturated rings. The zero-order valence-electron chi connectivity index (χ0n) is 27.3. The Balaban J connectivity index is 0.962. The van der Waals surface area contributed by atoms with Gasteiger partial charge in [-0.05, 0) is 95.1 Å². The van der Waals surface area contributed by atoms with Crippen molar-refractivity contribution in [3.05, 3.63) is 205 Å². The van der Waals surface area contributed by atoms with E-state index in [-0.39, 0.29) is 0 Å². The summed E-state index contributed by atoms with van der Waals surface area (Å²) in [6.45, 7) is 0. The Morgan fingerprint density at radius 1 is 0.300 bits per heavy atom. The summed E-state index contributed by atoms with van der Waals surface area (Å²) < 4.78 is 0. The number of anilines is 6. The maximum Gasteiger partial charge on any atom is 0.101 e. The Morgan fingerprint density at radius 2 is 0.600 bits per heavy atom. The van der Waals surface area contributed by atoms with Crippen LogP contribution in [0.1, 0.15) is 11.1 Å².